The Morgan fingerprint density at radius 3 is 2.65 bits per heavy atom. The van der Waals surface area contributed by atoms with E-state index >= 15 is 0 Å². The molecule has 4 N–H and O–H groups in total. The molecule has 0 radical (unpaired) electrons. The molecule has 0 aliphatic heterocycles. The molecule has 0 heterocycles. The van der Waals surface area contributed by atoms with E-state index in [2.05, 4.69) is 17.2 Å². The van der Waals surface area contributed by atoms with Gasteiger partial charge in [-0.15, -0.1) is 0 Å². The molecule has 0 bridgehead atoms. The molecule has 6 heteroatoms. The third kappa shape index (κ3) is 5.90. The fourth-order valence-electron chi connectivity index (χ4n) is 1.53. The summed E-state index contributed by atoms with van der Waals surface area (Å²) in [7, 11) is 0. The minimum absolute atomic E-state index is 0.0787. The zero-order valence-electron chi connectivity index (χ0n) is 11.1. The molecule has 0 atom stereocenters. The number of aromatic hydroxyl groups is 1. The van der Waals surface area contributed by atoms with E-state index in [4.69, 9.17) is 5.11 Å². The van der Waals surface area contributed by atoms with Crippen LogP contribution in [-0.2, 0) is 4.79 Å². The van der Waals surface area contributed by atoms with Gasteiger partial charge in [0.15, 0.2) is 0 Å². The number of aliphatic carboxylic acids is 1. The van der Waals surface area contributed by atoms with Crippen molar-refractivity contribution in [3.05, 3.63) is 36.4 Å². The van der Waals surface area contributed by atoms with Crippen LogP contribution in [0.2, 0.25) is 0 Å². The largest absolute Gasteiger partial charge is 0.508 e. The molecule has 0 fully saturated rings. The fourth-order valence-corrected chi connectivity index (χ4v) is 1.53. The molecular formula is C14H18N2O4. The number of phenolic OH excluding ortho intramolecular Hbond substituents is 1. The Hall–Kier alpha value is -2.50. The van der Waals surface area contributed by atoms with Gasteiger partial charge in [-0.25, -0.2) is 9.59 Å². The fraction of sp³-hybridized carbons (Fsp3) is 0.286. The lowest BCUT2D eigenvalue weighted by atomic mass is 10.1. The molecule has 1 aromatic rings. The van der Waals surface area contributed by atoms with Crippen molar-refractivity contribution < 1.29 is 19.8 Å². The summed E-state index contributed by atoms with van der Waals surface area (Å²) in [5.41, 5.74) is 0.677. The molecular weight excluding hydrogens is 260 g/mol. The Morgan fingerprint density at radius 1 is 1.25 bits per heavy atom. The molecule has 20 heavy (non-hydrogen) atoms. The van der Waals surface area contributed by atoms with Crippen LogP contribution in [0.5, 0.6) is 5.75 Å². The summed E-state index contributed by atoms with van der Waals surface area (Å²) in [5.74, 6) is -0.908. The van der Waals surface area contributed by atoms with Gasteiger partial charge in [-0.1, -0.05) is 12.6 Å². The zero-order chi connectivity index (χ0) is 15.0. The Morgan fingerprint density at radius 2 is 2.00 bits per heavy atom. The standard InChI is InChI=1S/C14H18N2O4/c1-10(13(18)19)5-2-3-8-15-14(20)16-11-6-4-7-12(17)9-11/h4,6-7,9,17H,1-3,5,8H2,(H,18,19)(H2,15,16,20). The maximum Gasteiger partial charge on any atom is 0.330 e. The van der Waals surface area contributed by atoms with Gasteiger partial charge in [-0.3, -0.25) is 0 Å². The van der Waals surface area contributed by atoms with Gasteiger partial charge in [0.1, 0.15) is 5.75 Å². The van der Waals surface area contributed by atoms with E-state index in [0.717, 1.165) is 0 Å². The monoisotopic (exact) mass is 278 g/mol. The van der Waals surface area contributed by atoms with Crippen LogP contribution in [0.25, 0.3) is 0 Å². The van der Waals surface area contributed by atoms with Crippen molar-refractivity contribution >= 4 is 17.7 Å². The lowest BCUT2D eigenvalue weighted by molar-refractivity contribution is -0.132. The van der Waals surface area contributed by atoms with Crippen LogP contribution in [0.15, 0.2) is 36.4 Å². The minimum Gasteiger partial charge on any atom is -0.508 e. The number of hydrogen-bond acceptors (Lipinski definition) is 3. The summed E-state index contributed by atoms with van der Waals surface area (Å²) in [6.45, 7) is 3.87. The van der Waals surface area contributed by atoms with Gasteiger partial charge in [0, 0.05) is 23.9 Å². The Labute approximate surface area is 117 Å². The first-order valence-electron chi connectivity index (χ1n) is 6.24. The molecule has 1 rings (SSSR count). The minimum atomic E-state index is -0.986. The van der Waals surface area contributed by atoms with Crippen molar-refractivity contribution in [3.8, 4) is 5.75 Å². The van der Waals surface area contributed by atoms with Crippen molar-refractivity contribution in [1.82, 2.24) is 5.32 Å². The predicted octanol–water partition coefficient (Wildman–Crippen LogP) is 2.32. The molecule has 1 aromatic carbocycles. The van der Waals surface area contributed by atoms with Gasteiger partial charge in [0.2, 0.25) is 0 Å². The Balaban J connectivity index is 2.18. The van der Waals surface area contributed by atoms with Crippen LogP contribution in [-0.4, -0.2) is 28.8 Å². The number of carboxylic acids is 1. The van der Waals surface area contributed by atoms with Crippen molar-refractivity contribution in [2.75, 3.05) is 11.9 Å². The number of carbonyl (C=O) groups is 2. The number of benzene rings is 1. The highest BCUT2D eigenvalue weighted by atomic mass is 16.4. The Bertz CT molecular complexity index is 500. The molecule has 0 aliphatic carbocycles. The van der Waals surface area contributed by atoms with Crippen molar-refractivity contribution in [1.29, 1.82) is 0 Å². The number of unbranched alkanes of at least 4 members (excludes halogenated alkanes) is 1. The number of phenols is 1. The summed E-state index contributed by atoms with van der Waals surface area (Å²) in [5, 5.41) is 23.1. The number of carboxylic acid groups (broad SMARTS) is 1. The summed E-state index contributed by atoms with van der Waals surface area (Å²) in [6, 6.07) is 5.88. The number of urea groups is 1. The summed E-state index contributed by atoms with van der Waals surface area (Å²) in [4.78, 5) is 22.0. The average molecular weight is 278 g/mol. The molecule has 108 valence electrons. The Kier molecular flexibility index (Phi) is 6.09. The van der Waals surface area contributed by atoms with Gasteiger partial charge < -0.3 is 20.8 Å². The van der Waals surface area contributed by atoms with E-state index in [-0.39, 0.29) is 17.4 Å². The van der Waals surface area contributed by atoms with Gasteiger partial charge >= 0.3 is 12.0 Å². The van der Waals surface area contributed by atoms with Crippen molar-refractivity contribution in [2.24, 2.45) is 0 Å². The highest BCUT2D eigenvalue weighted by Crippen LogP contribution is 2.14. The van der Waals surface area contributed by atoms with Gasteiger partial charge in [0.25, 0.3) is 0 Å². The van der Waals surface area contributed by atoms with Crippen molar-refractivity contribution in [3.63, 3.8) is 0 Å². The van der Waals surface area contributed by atoms with E-state index in [1.54, 1.807) is 12.1 Å². The molecule has 0 aliphatic rings. The third-order valence-electron chi connectivity index (χ3n) is 2.60. The number of nitrogens with one attached hydrogen (secondary N) is 2. The number of anilines is 1. The van der Waals surface area contributed by atoms with Crippen LogP contribution in [0.3, 0.4) is 0 Å². The molecule has 0 aromatic heterocycles. The topological polar surface area (TPSA) is 98.7 Å². The first kappa shape index (κ1) is 15.6. The summed E-state index contributed by atoms with van der Waals surface area (Å²) >= 11 is 0. The van der Waals surface area contributed by atoms with Crippen LogP contribution in [0, 0.1) is 0 Å². The SMILES string of the molecule is C=C(CCCCNC(=O)Nc1cccc(O)c1)C(=O)O. The zero-order valence-corrected chi connectivity index (χ0v) is 11.1. The number of carbonyl (C=O) groups excluding carboxylic acids is 1. The predicted molar refractivity (Wildman–Crippen MR) is 75.8 cm³/mol. The van der Waals surface area contributed by atoms with E-state index in [0.29, 0.717) is 31.5 Å². The molecule has 0 saturated carbocycles. The summed E-state index contributed by atoms with van der Waals surface area (Å²) in [6.07, 6.45) is 1.72. The molecule has 0 saturated heterocycles. The highest BCUT2D eigenvalue weighted by molar-refractivity contribution is 5.89. The molecule has 0 spiro atoms. The molecule has 6 nitrogen and oxygen atoms in total. The first-order valence-corrected chi connectivity index (χ1v) is 6.24. The summed E-state index contributed by atoms with van der Waals surface area (Å²) < 4.78 is 0. The number of amides is 2. The van der Waals surface area contributed by atoms with Crippen molar-refractivity contribution in [2.45, 2.75) is 19.3 Å². The first-order chi connectivity index (χ1) is 9.49. The maximum atomic E-state index is 11.5. The lowest BCUT2D eigenvalue weighted by Crippen LogP contribution is -2.29. The average Bonchev–Trinajstić information content (AvgIpc) is 2.37. The maximum absolute atomic E-state index is 11.5. The lowest BCUT2D eigenvalue weighted by Gasteiger charge is -2.07. The van der Waals surface area contributed by atoms with Gasteiger partial charge in [-0.05, 0) is 31.4 Å². The van der Waals surface area contributed by atoms with Crippen LogP contribution < -0.4 is 10.6 Å². The van der Waals surface area contributed by atoms with Crippen LogP contribution >= 0.6 is 0 Å². The smallest absolute Gasteiger partial charge is 0.330 e. The van der Waals surface area contributed by atoms with Crippen LogP contribution in [0.4, 0.5) is 10.5 Å². The van der Waals surface area contributed by atoms with E-state index < -0.39 is 5.97 Å². The van der Waals surface area contributed by atoms with E-state index in [1.165, 1.54) is 12.1 Å². The quantitative estimate of drug-likeness (QED) is 0.454. The number of hydrogen-bond donors (Lipinski definition) is 4. The van der Waals surface area contributed by atoms with Gasteiger partial charge in [-0.2, -0.15) is 0 Å². The second-order valence-electron chi connectivity index (χ2n) is 4.30. The van der Waals surface area contributed by atoms with Crippen LogP contribution in [0.1, 0.15) is 19.3 Å². The second-order valence-corrected chi connectivity index (χ2v) is 4.30. The number of rotatable bonds is 7. The second kappa shape index (κ2) is 7.83. The highest BCUT2D eigenvalue weighted by Gasteiger charge is 2.04. The van der Waals surface area contributed by atoms with E-state index in [9.17, 15) is 14.7 Å². The third-order valence-corrected chi connectivity index (χ3v) is 2.60. The van der Waals surface area contributed by atoms with E-state index in [1.807, 2.05) is 0 Å². The molecule has 0 unspecified atom stereocenters. The molecule has 2 amide bonds. The normalized spacial score (nSPS) is 9.80. The van der Waals surface area contributed by atoms with Gasteiger partial charge in [0.05, 0.1) is 0 Å².